The van der Waals surface area contributed by atoms with Gasteiger partial charge in [-0.1, -0.05) is 48.5 Å². The summed E-state index contributed by atoms with van der Waals surface area (Å²) < 4.78 is 0. The molecule has 5 rings (SSSR count). The van der Waals surface area contributed by atoms with Gasteiger partial charge in [0.25, 0.3) is 0 Å². The fourth-order valence-corrected chi connectivity index (χ4v) is 3.79. The highest BCUT2D eigenvalue weighted by molar-refractivity contribution is 5.97. The van der Waals surface area contributed by atoms with Gasteiger partial charge in [-0.2, -0.15) is 0 Å². The fraction of sp³-hybridized carbons (Fsp3) is 0.111. The van der Waals surface area contributed by atoms with E-state index in [1.54, 1.807) is 18.6 Å². The van der Waals surface area contributed by atoms with Gasteiger partial charge in [0.1, 0.15) is 11.3 Å². The van der Waals surface area contributed by atoms with Crippen molar-refractivity contribution in [2.24, 2.45) is 5.73 Å². The third-order valence-corrected chi connectivity index (χ3v) is 5.46. The van der Waals surface area contributed by atoms with Gasteiger partial charge in [-0.25, -0.2) is 15.0 Å². The maximum Gasteiger partial charge on any atom is 0.162 e. The number of hydrogen-bond acceptors (Lipinski definition) is 7. The van der Waals surface area contributed by atoms with Crippen molar-refractivity contribution in [2.75, 3.05) is 17.2 Å². The highest BCUT2D eigenvalue weighted by Gasteiger charge is 2.15. The predicted octanol–water partition coefficient (Wildman–Crippen LogP) is 4.81. The van der Waals surface area contributed by atoms with Gasteiger partial charge >= 0.3 is 0 Å². The van der Waals surface area contributed by atoms with Crippen molar-refractivity contribution in [1.29, 1.82) is 0 Å². The quantitative estimate of drug-likeness (QED) is 0.314. The van der Waals surface area contributed by atoms with Gasteiger partial charge in [0.15, 0.2) is 11.6 Å². The summed E-state index contributed by atoms with van der Waals surface area (Å²) in [6.45, 7) is 0.570. The molecule has 7 heteroatoms. The third-order valence-electron chi connectivity index (χ3n) is 5.46. The van der Waals surface area contributed by atoms with Crippen molar-refractivity contribution in [3.8, 4) is 11.4 Å². The first kappa shape index (κ1) is 21.5. The predicted molar refractivity (Wildman–Crippen MR) is 137 cm³/mol. The zero-order valence-electron chi connectivity index (χ0n) is 18.6. The van der Waals surface area contributed by atoms with Gasteiger partial charge < -0.3 is 16.4 Å². The molecule has 2 aromatic carbocycles. The minimum atomic E-state index is -0.0689. The summed E-state index contributed by atoms with van der Waals surface area (Å²) in [7, 11) is 0. The summed E-state index contributed by atoms with van der Waals surface area (Å²) in [5, 5.41) is 7.72. The molecule has 34 heavy (non-hydrogen) atoms. The Hall–Kier alpha value is -4.36. The van der Waals surface area contributed by atoms with E-state index >= 15 is 0 Å². The van der Waals surface area contributed by atoms with E-state index in [0.29, 0.717) is 18.2 Å². The highest BCUT2D eigenvalue weighted by atomic mass is 15.1. The van der Waals surface area contributed by atoms with E-state index in [0.717, 1.165) is 34.4 Å². The third kappa shape index (κ3) is 5.00. The van der Waals surface area contributed by atoms with Crippen molar-refractivity contribution < 1.29 is 0 Å². The molecule has 0 saturated carbocycles. The minimum Gasteiger partial charge on any atom is -0.368 e. The largest absolute Gasteiger partial charge is 0.368 e. The molecule has 1 unspecified atom stereocenters. The molecule has 3 heterocycles. The van der Waals surface area contributed by atoms with E-state index in [1.807, 2.05) is 66.7 Å². The summed E-state index contributed by atoms with van der Waals surface area (Å²) in [6.07, 6.45) is 6.00. The first-order valence-corrected chi connectivity index (χ1v) is 11.2. The number of nitrogens with zero attached hydrogens (tertiary/aromatic N) is 4. The molecule has 0 radical (unpaired) electrons. The highest BCUT2D eigenvalue weighted by Crippen LogP contribution is 2.29. The van der Waals surface area contributed by atoms with Crippen LogP contribution in [0.25, 0.3) is 22.3 Å². The molecular weight excluding hydrogens is 422 g/mol. The van der Waals surface area contributed by atoms with Crippen molar-refractivity contribution in [3.05, 3.63) is 103 Å². The van der Waals surface area contributed by atoms with Gasteiger partial charge in [-0.3, -0.25) is 4.98 Å². The van der Waals surface area contributed by atoms with Crippen LogP contribution in [0.3, 0.4) is 0 Å². The van der Waals surface area contributed by atoms with E-state index in [2.05, 4.69) is 32.7 Å². The standard InChI is InChI=1S/C27H25N7/c28-21(17-19-7-3-1-4-8-19)18-31-26-23-13-16-30-27(32-22-9-5-2-6-10-22)24(23)33-25(34-26)20-11-14-29-15-12-20/h1-16,21H,17-18,28H2,(H,30,32)(H,31,33,34). The lowest BCUT2D eigenvalue weighted by Gasteiger charge is -2.16. The molecule has 0 aliphatic carbocycles. The summed E-state index contributed by atoms with van der Waals surface area (Å²) in [5.74, 6) is 1.98. The van der Waals surface area contributed by atoms with Crippen LogP contribution in [-0.4, -0.2) is 32.5 Å². The van der Waals surface area contributed by atoms with Crippen LogP contribution >= 0.6 is 0 Å². The molecule has 5 aromatic rings. The van der Waals surface area contributed by atoms with Crippen molar-refractivity contribution in [2.45, 2.75) is 12.5 Å². The molecule has 0 saturated heterocycles. The van der Waals surface area contributed by atoms with E-state index < -0.39 is 0 Å². The monoisotopic (exact) mass is 447 g/mol. The molecule has 1 atom stereocenters. The number of aromatic nitrogens is 4. The number of anilines is 3. The minimum absolute atomic E-state index is 0.0689. The van der Waals surface area contributed by atoms with Crippen molar-refractivity contribution >= 4 is 28.2 Å². The van der Waals surface area contributed by atoms with Gasteiger partial charge in [-0.15, -0.1) is 0 Å². The molecule has 0 bridgehead atoms. The summed E-state index contributed by atoms with van der Waals surface area (Å²) in [6, 6.07) is 25.8. The molecule has 168 valence electrons. The Morgan fingerprint density at radius 2 is 1.50 bits per heavy atom. The summed E-state index contributed by atoms with van der Waals surface area (Å²) in [4.78, 5) is 18.4. The molecule has 4 N–H and O–H groups in total. The number of pyridine rings is 2. The number of hydrogen-bond donors (Lipinski definition) is 3. The summed E-state index contributed by atoms with van der Waals surface area (Å²) >= 11 is 0. The lowest BCUT2D eigenvalue weighted by Crippen LogP contribution is -2.31. The molecule has 3 aromatic heterocycles. The van der Waals surface area contributed by atoms with Crippen LogP contribution < -0.4 is 16.4 Å². The van der Waals surface area contributed by atoms with Crippen LogP contribution in [0.4, 0.5) is 17.3 Å². The zero-order chi connectivity index (χ0) is 23.2. The average molecular weight is 448 g/mol. The second-order valence-corrected chi connectivity index (χ2v) is 8.01. The Balaban J connectivity index is 1.50. The molecular formula is C27H25N7. The van der Waals surface area contributed by atoms with Crippen LogP contribution in [0.1, 0.15) is 5.56 Å². The smallest absolute Gasteiger partial charge is 0.162 e. The molecule has 0 fully saturated rings. The first-order valence-electron chi connectivity index (χ1n) is 11.2. The van der Waals surface area contributed by atoms with Crippen LogP contribution in [0, 0.1) is 0 Å². The maximum absolute atomic E-state index is 6.44. The second-order valence-electron chi connectivity index (χ2n) is 8.01. The van der Waals surface area contributed by atoms with Gasteiger partial charge in [-0.05, 0) is 42.3 Å². The molecule has 0 amide bonds. The maximum atomic E-state index is 6.44. The van der Waals surface area contributed by atoms with Crippen molar-refractivity contribution in [1.82, 2.24) is 19.9 Å². The Bertz CT molecular complexity index is 1360. The van der Waals surface area contributed by atoms with Gasteiger partial charge in [0.05, 0.1) is 0 Å². The number of nitrogens with one attached hydrogen (secondary N) is 2. The number of benzene rings is 2. The normalized spacial score (nSPS) is 11.8. The number of rotatable bonds is 8. The molecule has 0 spiro atoms. The number of para-hydroxylation sites is 1. The number of nitrogens with two attached hydrogens (primary N) is 1. The fourth-order valence-electron chi connectivity index (χ4n) is 3.79. The van der Waals surface area contributed by atoms with Crippen LogP contribution in [-0.2, 0) is 6.42 Å². The lowest BCUT2D eigenvalue weighted by molar-refractivity contribution is 0.698. The Labute approximate surface area is 198 Å². The van der Waals surface area contributed by atoms with Gasteiger partial charge in [0, 0.05) is 47.8 Å². The lowest BCUT2D eigenvalue weighted by atomic mass is 10.1. The van der Waals surface area contributed by atoms with E-state index in [4.69, 9.17) is 15.7 Å². The summed E-state index contributed by atoms with van der Waals surface area (Å²) in [5.41, 5.74) is 10.2. The first-order chi connectivity index (χ1) is 16.8. The van der Waals surface area contributed by atoms with Gasteiger partial charge in [0.2, 0.25) is 0 Å². The van der Waals surface area contributed by atoms with Crippen LogP contribution in [0.15, 0.2) is 97.5 Å². The topological polar surface area (TPSA) is 102 Å². The SMILES string of the molecule is NC(CNc1nc(-c2ccncc2)nc2c(Nc3ccccc3)nccc12)Cc1ccccc1. The average Bonchev–Trinajstić information content (AvgIpc) is 2.89. The van der Waals surface area contributed by atoms with E-state index in [-0.39, 0.29) is 6.04 Å². The number of fused-ring (bicyclic) bond motifs is 1. The molecule has 0 aliphatic rings. The Morgan fingerprint density at radius 3 is 2.26 bits per heavy atom. The zero-order valence-corrected chi connectivity index (χ0v) is 18.6. The van der Waals surface area contributed by atoms with E-state index in [9.17, 15) is 0 Å². The van der Waals surface area contributed by atoms with E-state index in [1.165, 1.54) is 5.56 Å². The van der Waals surface area contributed by atoms with Crippen LogP contribution in [0.5, 0.6) is 0 Å². The molecule has 7 nitrogen and oxygen atoms in total. The Morgan fingerprint density at radius 1 is 0.765 bits per heavy atom. The molecule has 0 aliphatic heterocycles. The second kappa shape index (κ2) is 10.1. The van der Waals surface area contributed by atoms with Crippen LogP contribution in [0.2, 0.25) is 0 Å². The Kier molecular flexibility index (Phi) is 6.36. The van der Waals surface area contributed by atoms with Crippen molar-refractivity contribution in [3.63, 3.8) is 0 Å².